The van der Waals surface area contributed by atoms with Gasteiger partial charge in [-0.3, -0.25) is 9.59 Å². The van der Waals surface area contributed by atoms with E-state index in [0.717, 1.165) is 21.5 Å². The van der Waals surface area contributed by atoms with Crippen LogP contribution in [-0.4, -0.2) is 30.1 Å². The predicted octanol–water partition coefficient (Wildman–Crippen LogP) is 2.60. The summed E-state index contributed by atoms with van der Waals surface area (Å²) in [5.74, 6) is 0.372. The van der Waals surface area contributed by atoms with Crippen molar-refractivity contribution >= 4 is 34.0 Å². The Hall–Kier alpha value is -1.95. The van der Waals surface area contributed by atoms with Crippen LogP contribution in [0.2, 0.25) is 0 Å². The minimum Gasteiger partial charge on any atom is -0.496 e. The fourth-order valence-electron chi connectivity index (χ4n) is 3.89. The van der Waals surface area contributed by atoms with E-state index in [1.807, 2.05) is 12.1 Å². The molecule has 118 valence electrons. The van der Waals surface area contributed by atoms with Crippen LogP contribution in [0, 0.1) is 23.7 Å². The van der Waals surface area contributed by atoms with Gasteiger partial charge < -0.3 is 4.74 Å². The van der Waals surface area contributed by atoms with Crippen LogP contribution in [0.1, 0.15) is 12.0 Å². The SMILES string of the molecule is COc1ccc(C=NN2C(=O)[C@@H]3[C@H](C2=O)[C@H]2C=C[C@H]3C2)cc1Br. The molecule has 4 rings (SSSR count). The molecule has 1 saturated carbocycles. The first-order valence-electron chi connectivity index (χ1n) is 7.54. The number of allylic oxidation sites excluding steroid dienone is 2. The van der Waals surface area contributed by atoms with Gasteiger partial charge in [-0.1, -0.05) is 12.2 Å². The van der Waals surface area contributed by atoms with Gasteiger partial charge in [-0.05, 0) is 57.9 Å². The second-order valence-electron chi connectivity index (χ2n) is 6.13. The molecule has 0 spiro atoms. The molecule has 0 radical (unpaired) electrons. The number of ether oxygens (including phenoxy) is 1. The van der Waals surface area contributed by atoms with E-state index >= 15 is 0 Å². The highest BCUT2D eigenvalue weighted by Gasteiger charge is 2.59. The molecule has 1 saturated heterocycles. The van der Waals surface area contributed by atoms with Crippen molar-refractivity contribution in [2.75, 3.05) is 7.11 Å². The summed E-state index contributed by atoms with van der Waals surface area (Å²) in [5, 5.41) is 5.21. The standard InChI is InChI=1S/C17H15BrN2O3/c1-23-13-5-2-9(6-12(13)18)8-19-20-16(21)14-10-3-4-11(7-10)15(14)17(20)22/h2-6,8,10-11,14-15H,7H2,1H3/t10-,11-,14-,15+/m0/s1. The Morgan fingerprint density at radius 1 is 1.22 bits per heavy atom. The zero-order chi connectivity index (χ0) is 16.1. The second kappa shape index (κ2) is 5.30. The molecule has 2 fully saturated rings. The number of nitrogens with zero attached hydrogens (tertiary/aromatic N) is 2. The van der Waals surface area contributed by atoms with Crippen LogP contribution in [-0.2, 0) is 9.59 Å². The molecular formula is C17H15BrN2O3. The van der Waals surface area contributed by atoms with Crippen molar-refractivity contribution in [2.24, 2.45) is 28.8 Å². The van der Waals surface area contributed by atoms with Gasteiger partial charge in [0, 0.05) is 0 Å². The summed E-state index contributed by atoms with van der Waals surface area (Å²) in [5.41, 5.74) is 0.788. The fourth-order valence-corrected chi connectivity index (χ4v) is 4.45. The average Bonchev–Trinajstić information content (AvgIpc) is 3.21. The second-order valence-corrected chi connectivity index (χ2v) is 6.98. The summed E-state index contributed by atoms with van der Waals surface area (Å²) in [4.78, 5) is 25.0. The summed E-state index contributed by atoms with van der Waals surface area (Å²) in [6, 6.07) is 5.46. The van der Waals surface area contributed by atoms with Gasteiger partial charge >= 0.3 is 0 Å². The van der Waals surface area contributed by atoms with Gasteiger partial charge in [-0.15, -0.1) is 0 Å². The number of hydrogen-bond acceptors (Lipinski definition) is 4. The zero-order valence-corrected chi connectivity index (χ0v) is 14.1. The Labute approximate surface area is 142 Å². The molecule has 0 unspecified atom stereocenters. The van der Waals surface area contributed by atoms with E-state index in [2.05, 4.69) is 33.2 Å². The molecule has 3 aliphatic rings. The molecule has 0 aromatic heterocycles. The summed E-state index contributed by atoms with van der Waals surface area (Å²) in [6.45, 7) is 0. The van der Waals surface area contributed by atoms with E-state index < -0.39 is 0 Å². The van der Waals surface area contributed by atoms with E-state index in [-0.39, 0.29) is 35.5 Å². The fraction of sp³-hybridized carbons (Fsp3) is 0.353. The Kier molecular flexibility index (Phi) is 3.37. The number of hydrazone groups is 1. The largest absolute Gasteiger partial charge is 0.496 e. The summed E-state index contributed by atoms with van der Waals surface area (Å²) < 4.78 is 5.97. The van der Waals surface area contributed by atoms with Gasteiger partial charge in [0.15, 0.2) is 0 Å². The third kappa shape index (κ3) is 2.16. The number of fused-ring (bicyclic) bond motifs is 5. The number of rotatable bonds is 3. The molecule has 6 heteroatoms. The lowest BCUT2D eigenvalue weighted by atomic mass is 9.85. The number of benzene rings is 1. The van der Waals surface area contributed by atoms with Crippen LogP contribution in [0.3, 0.4) is 0 Å². The van der Waals surface area contributed by atoms with Crippen molar-refractivity contribution in [2.45, 2.75) is 6.42 Å². The first kappa shape index (κ1) is 14.6. The molecule has 2 amide bonds. The highest BCUT2D eigenvalue weighted by molar-refractivity contribution is 9.10. The number of hydrogen-bond donors (Lipinski definition) is 0. The Morgan fingerprint density at radius 2 is 1.87 bits per heavy atom. The van der Waals surface area contributed by atoms with Gasteiger partial charge in [-0.25, -0.2) is 0 Å². The first-order chi connectivity index (χ1) is 11.1. The average molecular weight is 375 g/mol. The zero-order valence-electron chi connectivity index (χ0n) is 12.5. The van der Waals surface area contributed by atoms with E-state index in [0.29, 0.717) is 5.75 Å². The topological polar surface area (TPSA) is 59.0 Å². The van der Waals surface area contributed by atoms with Crippen molar-refractivity contribution in [3.8, 4) is 5.75 Å². The molecule has 1 aliphatic heterocycles. The number of amides is 2. The van der Waals surface area contributed by atoms with Crippen LogP contribution < -0.4 is 4.74 Å². The minimum atomic E-state index is -0.211. The van der Waals surface area contributed by atoms with Crippen LogP contribution in [0.4, 0.5) is 0 Å². The predicted molar refractivity (Wildman–Crippen MR) is 87.9 cm³/mol. The molecule has 1 aromatic rings. The monoisotopic (exact) mass is 374 g/mol. The molecule has 0 N–H and O–H groups in total. The van der Waals surface area contributed by atoms with Crippen molar-refractivity contribution in [3.63, 3.8) is 0 Å². The number of halogens is 1. The molecule has 23 heavy (non-hydrogen) atoms. The van der Waals surface area contributed by atoms with Gasteiger partial charge in [0.2, 0.25) is 0 Å². The van der Waals surface area contributed by atoms with Gasteiger partial charge in [-0.2, -0.15) is 10.1 Å². The van der Waals surface area contributed by atoms with Gasteiger partial charge in [0.25, 0.3) is 11.8 Å². The van der Waals surface area contributed by atoms with E-state index in [1.54, 1.807) is 13.2 Å². The molecule has 1 heterocycles. The minimum absolute atomic E-state index is 0.166. The van der Waals surface area contributed by atoms with Crippen LogP contribution in [0.25, 0.3) is 0 Å². The smallest absolute Gasteiger partial charge is 0.254 e. The maximum Gasteiger partial charge on any atom is 0.254 e. The van der Waals surface area contributed by atoms with Gasteiger partial charge in [0.05, 0.1) is 29.6 Å². The Bertz CT molecular complexity index is 728. The highest BCUT2D eigenvalue weighted by Crippen LogP contribution is 2.52. The maximum atomic E-state index is 12.5. The molecule has 1 aromatic carbocycles. The Morgan fingerprint density at radius 3 is 2.43 bits per heavy atom. The molecular weight excluding hydrogens is 360 g/mol. The Balaban J connectivity index is 1.57. The van der Waals surface area contributed by atoms with Crippen molar-refractivity contribution < 1.29 is 14.3 Å². The summed E-state index contributed by atoms with van der Waals surface area (Å²) in [7, 11) is 1.59. The van der Waals surface area contributed by atoms with E-state index in [9.17, 15) is 9.59 Å². The van der Waals surface area contributed by atoms with Crippen LogP contribution >= 0.6 is 15.9 Å². The normalized spacial score (nSPS) is 31.5. The lowest BCUT2D eigenvalue weighted by Crippen LogP contribution is -2.28. The summed E-state index contributed by atoms with van der Waals surface area (Å²) in [6.07, 6.45) is 6.61. The van der Waals surface area contributed by atoms with Crippen molar-refractivity contribution in [3.05, 3.63) is 40.4 Å². The van der Waals surface area contributed by atoms with E-state index in [4.69, 9.17) is 4.74 Å². The maximum absolute atomic E-state index is 12.5. The third-order valence-electron chi connectivity index (χ3n) is 4.95. The van der Waals surface area contributed by atoms with E-state index in [1.165, 1.54) is 6.21 Å². The molecule has 4 atom stereocenters. The lowest BCUT2D eigenvalue weighted by molar-refractivity contribution is -0.140. The lowest BCUT2D eigenvalue weighted by Gasteiger charge is -2.13. The van der Waals surface area contributed by atoms with Gasteiger partial charge in [0.1, 0.15) is 5.75 Å². The number of carbonyl (C=O) groups excluding carboxylic acids is 2. The van der Waals surface area contributed by atoms with Crippen molar-refractivity contribution in [1.29, 1.82) is 0 Å². The molecule has 5 nitrogen and oxygen atoms in total. The summed E-state index contributed by atoms with van der Waals surface area (Å²) >= 11 is 3.41. The number of carbonyl (C=O) groups is 2. The van der Waals surface area contributed by atoms with Crippen molar-refractivity contribution in [1.82, 2.24) is 5.01 Å². The molecule has 2 bridgehead atoms. The quantitative estimate of drug-likeness (QED) is 0.464. The first-order valence-corrected chi connectivity index (χ1v) is 8.33. The van der Waals surface area contributed by atoms with Crippen LogP contribution in [0.15, 0.2) is 39.9 Å². The number of methoxy groups -OCH3 is 1. The third-order valence-corrected chi connectivity index (χ3v) is 5.56. The van der Waals surface area contributed by atoms with Crippen LogP contribution in [0.5, 0.6) is 5.75 Å². The number of imide groups is 1. The molecule has 2 aliphatic carbocycles. The highest BCUT2D eigenvalue weighted by atomic mass is 79.9.